The second kappa shape index (κ2) is 5.60. The lowest BCUT2D eigenvalue weighted by molar-refractivity contribution is 0.414. The molecule has 0 unspecified atom stereocenters. The van der Waals surface area contributed by atoms with Crippen molar-refractivity contribution in [3.8, 4) is 17.0 Å². The van der Waals surface area contributed by atoms with Gasteiger partial charge in [0.25, 0.3) is 0 Å². The second-order valence-corrected chi connectivity index (χ2v) is 3.90. The normalized spacial score (nSPS) is 10.4. The summed E-state index contributed by atoms with van der Waals surface area (Å²) in [6, 6.07) is 8.65. The van der Waals surface area contributed by atoms with Gasteiger partial charge in [0.1, 0.15) is 17.3 Å². The van der Waals surface area contributed by atoms with Crippen molar-refractivity contribution in [3.63, 3.8) is 0 Å². The topological polar surface area (TPSA) is 34.2 Å². The summed E-state index contributed by atoms with van der Waals surface area (Å²) in [6.07, 6.45) is 1.62. The molecule has 0 saturated heterocycles. The highest BCUT2D eigenvalue weighted by atomic mass is 19.1. The van der Waals surface area contributed by atoms with Crippen molar-refractivity contribution in [2.45, 2.75) is 6.54 Å². The van der Waals surface area contributed by atoms with E-state index < -0.39 is 0 Å². The van der Waals surface area contributed by atoms with Crippen LogP contribution in [0, 0.1) is 5.82 Å². The van der Waals surface area contributed by atoms with Crippen LogP contribution in [0.1, 0.15) is 5.56 Å². The minimum absolute atomic E-state index is 0.292. The molecule has 3 nitrogen and oxygen atoms in total. The lowest BCUT2D eigenvalue weighted by atomic mass is 10.1. The third-order valence-corrected chi connectivity index (χ3v) is 2.66. The first kappa shape index (κ1) is 12.5. The molecule has 18 heavy (non-hydrogen) atoms. The minimum Gasteiger partial charge on any atom is -0.494 e. The van der Waals surface area contributed by atoms with E-state index in [0.717, 1.165) is 5.56 Å². The Bertz CT molecular complexity index is 543. The molecule has 0 radical (unpaired) electrons. The summed E-state index contributed by atoms with van der Waals surface area (Å²) in [5.74, 6) is 0.275. The number of hydrogen-bond acceptors (Lipinski definition) is 3. The molecule has 0 aliphatic carbocycles. The molecule has 0 amide bonds. The van der Waals surface area contributed by atoms with Crippen molar-refractivity contribution in [1.82, 2.24) is 10.3 Å². The molecule has 2 rings (SSSR count). The zero-order chi connectivity index (χ0) is 13.0. The fraction of sp³-hybridized carbons (Fsp3) is 0.214. The van der Waals surface area contributed by atoms with Crippen molar-refractivity contribution in [2.75, 3.05) is 14.2 Å². The van der Waals surface area contributed by atoms with Gasteiger partial charge in [-0.2, -0.15) is 0 Å². The van der Waals surface area contributed by atoms with E-state index in [9.17, 15) is 4.39 Å². The van der Waals surface area contributed by atoms with E-state index in [-0.39, 0.29) is 5.82 Å². The Kier molecular flexibility index (Phi) is 3.89. The Morgan fingerprint density at radius 1 is 1.33 bits per heavy atom. The zero-order valence-corrected chi connectivity index (χ0v) is 10.4. The molecule has 0 saturated carbocycles. The van der Waals surface area contributed by atoms with E-state index >= 15 is 0 Å². The minimum atomic E-state index is -0.292. The average Bonchev–Trinajstić information content (AvgIpc) is 2.39. The first-order chi connectivity index (χ1) is 8.76. The second-order valence-electron chi connectivity index (χ2n) is 3.90. The number of hydrogen-bond donors (Lipinski definition) is 1. The van der Waals surface area contributed by atoms with Crippen molar-refractivity contribution in [1.29, 1.82) is 0 Å². The molecule has 1 aromatic carbocycles. The largest absolute Gasteiger partial charge is 0.494 e. The summed E-state index contributed by atoms with van der Waals surface area (Å²) < 4.78 is 19.2. The highest BCUT2D eigenvalue weighted by molar-refractivity contribution is 5.66. The molecule has 0 aliphatic rings. The van der Waals surface area contributed by atoms with Crippen LogP contribution in [0.15, 0.2) is 36.5 Å². The molecule has 2 aromatic rings. The first-order valence-electron chi connectivity index (χ1n) is 5.68. The summed E-state index contributed by atoms with van der Waals surface area (Å²) in [5.41, 5.74) is 1.87. The SMILES string of the molecule is CNCc1ccc(-c2ncccc2OC)c(F)c1. The zero-order valence-electron chi connectivity index (χ0n) is 10.4. The molecule has 94 valence electrons. The Balaban J connectivity index is 2.44. The predicted octanol–water partition coefficient (Wildman–Crippen LogP) is 2.62. The standard InChI is InChI=1S/C14H15FN2O/c1-16-9-10-5-6-11(12(15)8-10)14-13(18-2)4-3-7-17-14/h3-8,16H,9H2,1-2H3. The van der Waals surface area contributed by atoms with Crippen LogP contribution < -0.4 is 10.1 Å². The van der Waals surface area contributed by atoms with E-state index in [2.05, 4.69) is 10.3 Å². The van der Waals surface area contributed by atoms with E-state index in [0.29, 0.717) is 23.6 Å². The Morgan fingerprint density at radius 2 is 2.17 bits per heavy atom. The molecular formula is C14H15FN2O. The fourth-order valence-electron chi connectivity index (χ4n) is 1.82. The quantitative estimate of drug-likeness (QED) is 0.900. The number of nitrogens with zero attached hydrogens (tertiary/aromatic N) is 1. The summed E-state index contributed by atoms with van der Waals surface area (Å²) in [5, 5.41) is 2.99. The van der Waals surface area contributed by atoms with Gasteiger partial charge in [0, 0.05) is 18.3 Å². The van der Waals surface area contributed by atoms with Crippen LogP contribution in [0.2, 0.25) is 0 Å². The molecule has 0 fully saturated rings. The summed E-state index contributed by atoms with van der Waals surface area (Å²) in [4.78, 5) is 4.18. The number of methoxy groups -OCH3 is 1. The summed E-state index contributed by atoms with van der Waals surface area (Å²) >= 11 is 0. The van der Waals surface area contributed by atoms with Crippen LogP contribution in [0.4, 0.5) is 4.39 Å². The van der Waals surface area contributed by atoms with Crippen LogP contribution >= 0.6 is 0 Å². The molecule has 0 aliphatic heterocycles. The number of aromatic nitrogens is 1. The van der Waals surface area contributed by atoms with Gasteiger partial charge in [0.05, 0.1) is 7.11 Å². The van der Waals surface area contributed by atoms with Crippen LogP contribution in [0.5, 0.6) is 5.75 Å². The van der Waals surface area contributed by atoms with Gasteiger partial charge in [-0.25, -0.2) is 4.39 Å². The number of benzene rings is 1. The molecule has 0 spiro atoms. The van der Waals surface area contributed by atoms with Crippen LogP contribution in [-0.4, -0.2) is 19.1 Å². The lowest BCUT2D eigenvalue weighted by Gasteiger charge is -2.09. The fourth-order valence-corrected chi connectivity index (χ4v) is 1.82. The van der Waals surface area contributed by atoms with Crippen molar-refractivity contribution >= 4 is 0 Å². The van der Waals surface area contributed by atoms with E-state index in [1.54, 1.807) is 31.5 Å². The Hall–Kier alpha value is -1.94. The van der Waals surface area contributed by atoms with Crippen LogP contribution in [0.25, 0.3) is 11.3 Å². The third kappa shape index (κ3) is 2.49. The van der Waals surface area contributed by atoms with Crippen molar-refractivity contribution < 1.29 is 9.13 Å². The van der Waals surface area contributed by atoms with E-state index in [1.807, 2.05) is 13.1 Å². The third-order valence-electron chi connectivity index (χ3n) is 2.66. The first-order valence-corrected chi connectivity index (χ1v) is 5.68. The summed E-state index contributed by atoms with van der Waals surface area (Å²) in [6.45, 7) is 0.635. The molecule has 0 atom stereocenters. The average molecular weight is 246 g/mol. The highest BCUT2D eigenvalue weighted by Crippen LogP contribution is 2.29. The number of rotatable bonds is 4. The van der Waals surface area contributed by atoms with Gasteiger partial charge in [-0.1, -0.05) is 6.07 Å². The molecule has 1 N–H and O–H groups in total. The van der Waals surface area contributed by atoms with Gasteiger partial charge in [-0.05, 0) is 36.9 Å². The van der Waals surface area contributed by atoms with Gasteiger partial charge in [0.15, 0.2) is 0 Å². The van der Waals surface area contributed by atoms with Gasteiger partial charge < -0.3 is 10.1 Å². The maximum Gasteiger partial charge on any atom is 0.145 e. The lowest BCUT2D eigenvalue weighted by Crippen LogP contribution is -2.05. The Labute approximate surface area is 106 Å². The molecule has 1 aromatic heterocycles. The van der Waals surface area contributed by atoms with Gasteiger partial charge in [0.2, 0.25) is 0 Å². The van der Waals surface area contributed by atoms with Gasteiger partial charge >= 0.3 is 0 Å². The van der Waals surface area contributed by atoms with E-state index in [4.69, 9.17) is 4.74 Å². The highest BCUT2D eigenvalue weighted by Gasteiger charge is 2.11. The smallest absolute Gasteiger partial charge is 0.145 e. The van der Waals surface area contributed by atoms with E-state index in [1.165, 1.54) is 6.07 Å². The maximum absolute atomic E-state index is 14.1. The van der Waals surface area contributed by atoms with Crippen LogP contribution in [-0.2, 0) is 6.54 Å². The summed E-state index contributed by atoms with van der Waals surface area (Å²) in [7, 11) is 3.38. The monoisotopic (exact) mass is 246 g/mol. The maximum atomic E-state index is 14.1. The number of halogens is 1. The number of ether oxygens (including phenoxy) is 1. The van der Waals surface area contributed by atoms with Gasteiger partial charge in [-0.15, -0.1) is 0 Å². The van der Waals surface area contributed by atoms with Gasteiger partial charge in [-0.3, -0.25) is 4.98 Å². The molecule has 4 heteroatoms. The molecule has 1 heterocycles. The molecule has 0 bridgehead atoms. The number of pyridine rings is 1. The van der Waals surface area contributed by atoms with Crippen molar-refractivity contribution in [3.05, 3.63) is 47.9 Å². The predicted molar refractivity (Wildman–Crippen MR) is 68.9 cm³/mol. The molecular weight excluding hydrogens is 231 g/mol. The Morgan fingerprint density at radius 3 is 2.83 bits per heavy atom. The van der Waals surface area contributed by atoms with Crippen molar-refractivity contribution in [2.24, 2.45) is 0 Å². The number of nitrogens with one attached hydrogen (secondary N) is 1. The van der Waals surface area contributed by atoms with Crippen LogP contribution in [0.3, 0.4) is 0 Å².